The maximum Gasteiger partial charge on any atom is 0.226 e. The first kappa shape index (κ1) is 8.53. The lowest BCUT2D eigenvalue weighted by atomic mass is 9.89. The summed E-state index contributed by atoms with van der Waals surface area (Å²) in [7, 11) is 0. The van der Waals surface area contributed by atoms with Gasteiger partial charge in [0.15, 0.2) is 0 Å². The second kappa shape index (κ2) is 3.22. The van der Waals surface area contributed by atoms with E-state index < -0.39 is 6.10 Å². The lowest BCUT2D eigenvalue weighted by Gasteiger charge is -2.16. The van der Waals surface area contributed by atoms with Crippen LogP contribution >= 0.6 is 0 Å². The summed E-state index contributed by atoms with van der Waals surface area (Å²) < 4.78 is 0. The van der Waals surface area contributed by atoms with E-state index in [1.54, 1.807) is 6.92 Å². The van der Waals surface area contributed by atoms with E-state index in [4.69, 9.17) is 0 Å². The summed E-state index contributed by atoms with van der Waals surface area (Å²) in [5.41, 5.74) is 0. The molecule has 0 unspecified atom stereocenters. The van der Waals surface area contributed by atoms with Crippen LogP contribution in [-0.2, 0) is 4.79 Å². The summed E-state index contributed by atoms with van der Waals surface area (Å²) in [5, 5.41) is 12.0. The van der Waals surface area contributed by atoms with Gasteiger partial charge in [0.05, 0.1) is 12.0 Å². The van der Waals surface area contributed by atoms with Crippen molar-refractivity contribution < 1.29 is 9.90 Å². The Morgan fingerprint density at radius 3 is 2.82 bits per heavy atom. The molecule has 1 heterocycles. The Bertz CT molecular complexity index is 156. The molecule has 3 nitrogen and oxygen atoms in total. The van der Waals surface area contributed by atoms with Crippen molar-refractivity contribution >= 4 is 5.91 Å². The second-order valence-corrected chi connectivity index (χ2v) is 3.18. The summed E-state index contributed by atoms with van der Waals surface area (Å²) in [5.74, 6) is 0.148. The third-order valence-electron chi connectivity index (χ3n) is 2.39. The third-order valence-corrected chi connectivity index (χ3v) is 2.39. The minimum Gasteiger partial charge on any atom is -0.393 e. The largest absolute Gasteiger partial charge is 0.393 e. The number of hydrogen-bond acceptors (Lipinski definition) is 2. The Labute approximate surface area is 66.8 Å². The molecule has 0 spiro atoms. The third kappa shape index (κ3) is 1.53. The lowest BCUT2D eigenvalue weighted by molar-refractivity contribution is -0.126. The van der Waals surface area contributed by atoms with Gasteiger partial charge in [-0.1, -0.05) is 13.3 Å². The zero-order valence-corrected chi connectivity index (χ0v) is 7.00. The van der Waals surface area contributed by atoms with E-state index in [1.165, 1.54) is 0 Å². The predicted molar refractivity (Wildman–Crippen MR) is 42.0 cm³/mol. The van der Waals surface area contributed by atoms with Crippen molar-refractivity contribution in [3.63, 3.8) is 0 Å². The van der Waals surface area contributed by atoms with Crippen LogP contribution in [0.1, 0.15) is 20.3 Å². The van der Waals surface area contributed by atoms with Crippen LogP contribution < -0.4 is 5.32 Å². The molecule has 0 saturated carbocycles. The molecule has 0 aliphatic carbocycles. The minimum atomic E-state index is -0.512. The van der Waals surface area contributed by atoms with Crippen molar-refractivity contribution in [2.24, 2.45) is 11.8 Å². The van der Waals surface area contributed by atoms with Crippen LogP contribution in [0.4, 0.5) is 0 Å². The van der Waals surface area contributed by atoms with Gasteiger partial charge in [0.25, 0.3) is 0 Å². The van der Waals surface area contributed by atoms with Gasteiger partial charge in [-0.15, -0.1) is 0 Å². The van der Waals surface area contributed by atoms with Gasteiger partial charge >= 0.3 is 0 Å². The number of carbonyl (C=O) groups excluding carboxylic acids is 1. The molecule has 3 heteroatoms. The predicted octanol–water partition coefficient (Wildman–Crippen LogP) is 0.139. The number of carbonyl (C=O) groups is 1. The fourth-order valence-electron chi connectivity index (χ4n) is 1.70. The molecule has 64 valence electrons. The van der Waals surface area contributed by atoms with Gasteiger partial charge in [0.1, 0.15) is 0 Å². The molecule has 1 amide bonds. The quantitative estimate of drug-likeness (QED) is 0.599. The van der Waals surface area contributed by atoms with E-state index in [-0.39, 0.29) is 11.8 Å². The van der Waals surface area contributed by atoms with E-state index in [0.29, 0.717) is 5.92 Å². The molecule has 2 N–H and O–H groups in total. The Morgan fingerprint density at radius 2 is 2.45 bits per heavy atom. The minimum absolute atomic E-state index is 0.00634. The number of aliphatic hydroxyl groups is 1. The standard InChI is InChI=1S/C8H15NO2/c1-3-6-4-9-8(11)7(6)5(2)10/h5-7,10H,3-4H2,1-2H3,(H,9,11)/t5-,6+,7+/m1/s1. The van der Waals surface area contributed by atoms with Gasteiger partial charge in [0.2, 0.25) is 5.91 Å². The molecule has 1 saturated heterocycles. The van der Waals surface area contributed by atoms with Crippen molar-refractivity contribution in [2.75, 3.05) is 6.54 Å². The Kier molecular flexibility index (Phi) is 2.49. The van der Waals surface area contributed by atoms with Crippen molar-refractivity contribution in [2.45, 2.75) is 26.4 Å². The van der Waals surface area contributed by atoms with Crippen LogP contribution in [0.3, 0.4) is 0 Å². The van der Waals surface area contributed by atoms with Crippen LogP contribution in [0, 0.1) is 11.8 Å². The number of rotatable bonds is 2. The van der Waals surface area contributed by atoms with Gasteiger partial charge in [-0.25, -0.2) is 0 Å². The molecule has 1 aliphatic rings. The first-order chi connectivity index (χ1) is 5.16. The molecule has 0 bridgehead atoms. The van der Waals surface area contributed by atoms with Crippen molar-refractivity contribution in [1.29, 1.82) is 0 Å². The Hall–Kier alpha value is -0.570. The fraction of sp³-hybridized carbons (Fsp3) is 0.875. The van der Waals surface area contributed by atoms with E-state index in [2.05, 4.69) is 5.32 Å². The lowest BCUT2D eigenvalue weighted by Crippen LogP contribution is -2.29. The molecule has 0 aromatic heterocycles. The molecule has 11 heavy (non-hydrogen) atoms. The average Bonchev–Trinajstić information content (AvgIpc) is 2.30. The SMILES string of the molecule is CC[C@H]1CNC(=O)[C@H]1[C@@H](C)O. The first-order valence-electron chi connectivity index (χ1n) is 4.12. The van der Waals surface area contributed by atoms with Crippen LogP contribution in [-0.4, -0.2) is 23.7 Å². The van der Waals surface area contributed by atoms with Crippen LogP contribution in [0.2, 0.25) is 0 Å². The zero-order valence-electron chi connectivity index (χ0n) is 7.00. The highest BCUT2D eigenvalue weighted by Gasteiger charge is 2.36. The topological polar surface area (TPSA) is 49.3 Å². The number of nitrogens with one attached hydrogen (secondary N) is 1. The Morgan fingerprint density at radius 1 is 1.82 bits per heavy atom. The molecular formula is C8H15NO2. The summed E-state index contributed by atoms with van der Waals surface area (Å²) in [6.45, 7) is 4.45. The number of aliphatic hydroxyl groups excluding tert-OH is 1. The second-order valence-electron chi connectivity index (χ2n) is 3.18. The first-order valence-corrected chi connectivity index (χ1v) is 4.12. The fourth-order valence-corrected chi connectivity index (χ4v) is 1.70. The maximum absolute atomic E-state index is 11.1. The van der Waals surface area contributed by atoms with E-state index >= 15 is 0 Å². The Balaban J connectivity index is 2.63. The van der Waals surface area contributed by atoms with Crippen LogP contribution in [0.5, 0.6) is 0 Å². The van der Waals surface area contributed by atoms with E-state index in [1.807, 2.05) is 6.92 Å². The molecule has 0 radical (unpaired) electrons. The molecule has 3 atom stereocenters. The summed E-state index contributed by atoms with van der Waals surface area (Å²) in [6, 6.07) is 0. The summed E-state index contributed by atoms with van der Waals surface area (Å²) >= 11 is 0. The summed E-state index contributed by atoms with van der Waals surface area (Å²) in [4.78, 5) is 11.1. The molecule has 1 fully saturated rings. The van der Waals surface area contributed by atoms with Crippen LogP contribution in [0.25, 0.3) is 0 Å². The highest BCUT2D eigenvalue weighted by molar-refractivity contribution is 5.81. The highest BCUT2D eigenvalue weighted by atomic mass is 16.3. The molecule has 0 aromatic rings. The smallest absolute Gasteiger partial charge is 0.226 e. The molecule has 1 aliphatic heterocycles. The van der Waals surface area contributed by atoms with Gasteiger partial charge in [0, 0.05) is 6.54 Å². The van der Waals surface area contributed by atoms with Crippen molar-refractivity contribution in [3.05, 3.63) is 0 Å². The van der Waals surface area contributed by atoms with Gasteiger partial charge in [-0.3, -0.25) is 4.79 Å². The van der Waals surface area contributed by atoms with Crippen molar-refractivity contribution in [1.82, 2.24) is 5.32 Å². The number of amides is 1. The molecular weight excluding hydrogens is 142 g/mol. The normalized spacial score (nSPS) is 33.5. The van der Waals surface area contributed by atoms with Crippen LogP contribution in [0.15, 0.2) is 0 Å². The van der Waals surface area contributed by atoms with E-state index in [0.717, 1.165) is 13.0 Å². The van der Waals surface area contributed by atoms with Gasteiger partial charge < -0.3 is 10.4 Å². The van der Waals surface area contributed by atoms with E-state index in [9.17, 15) is 9.90 Å². The van der Waals surface area contributed by atoms with Gasteiger partial charge in [-0.2, -0.15) is 0 Å². The van der Waals surface area contributed by atoms with Crippen molar-refractivity contribution in [3.8, 4) is 0 Å². The molecule has 1 rings (SSSR count). The number of hydrogen-bond donors (Lipinski definition) is 2. The average molecular weight is 157 g/mol. The monoisotopic (exact) mass is 157 g/mol. The highest BCUT2D eigenvalue weighted by Crippen LogP contribution is 2.23. The summed E-state index contributed by atoms with van der Waals surface area (Å²) in [6.07, 6.45) is 0.441. The maximum atomic E-state index is 11.1. The van der Waals surface area contributed by atoms with Gasteiger partial charge in [-0.05, 0) is 12.8 Å². The molecule has 0 aromatic carbocycles. The zero-order chi connectivity index (χ0) is 8.43.